The first-order valence-electron chi connectivity index (χ1n) is 7.91. The van der Waals surface area contributed by atoms with Gasteiger partial charge in [-0.15, -0.1) is 0 Å². The Labute approximate surface area is 115 Å². The Kier molecular flexibility index (Phi) is 6.65. The summed E-state index contributed by atoms with van der Waals surface area (Å²) in [4.78, 5) is 2.70. The van der Waals surface area contributed by atoms with Crippen LogP contribution in [0.15, 0.2) is 0 Å². The molecule has 1 N–H and O–H groups in total. The second-order valence-electron chi connectivity index (χ2n) is 7.05. The summed E-state index contributed by atoms with van der Waals surface area (Å²) in [5.41, 5.74) is 0.447. The molecule has 0 aromatic rings. The highest BCUT2D eigenvalue weighted by molar-refractivity contribution is 4.85. The Balaban J connectivity index is 2.44. The zero-order valence-corrected chi connectivity index (χ0v) is 13.3. The lowest BCUT2D eigenvalue weighted by Gasteiger charge is -2.36. The van der Waals surface area contributed by atoms with E-state index in [4.69, 9.17) is 0 Å². The van der Waals surface area contributed by atoms with Crippen LogP contribution >= 0.6 is 0 Å². The number of likely N-dealkylation sites (tertiary alicyclic amines) is 1. The molecular weight excluding hydrogens is 220 g/mol. The highest BCUT2D eigenvalue weighted by Crippen LogP contribution is 2.28. The molecule has 1 aliphatic heterocycles. The van der Waals surface area contributed by atoms with Crippen molar-refractivity contribution in [2.24, 2.45) is 11.3 Å². The van der Waals surface area contributed by atoms with Gasteiger partial charge in [-0.2, -0.15) is 0 Å². The van der Waals surface area contributed by atoms with Crippen LogP contribution in [-0.4, -0.2) is 37.1 Å². The Bertz CT molecular complexity index is 227. The first-order valence-corrected chi connectivity index (χ1v) is 7.91. The third kappa shape index (κ3) is 5.27. The summed E-state index contributed by atoms with van der Waals surface area (Å²) in [7, 11) is 0. The van der Waals surface area contributed by atoms with Crippen LogP contribution in [0, 0.1) is 11.3 Å². The Hall–Kier alpha value is -0.0800. The number of hydrogen-bond acceptors (Lipinski definition) is 2. The molecule has 1 saturated heterocycles. The maximum Gasteiger partial charge on any atom is 0.00676 e. The fourth-order valence-electron chi connectivity index (χ4n) is 3.21. The van der Waals surface area contributed by atoms with Gasteiger partial charge in [-0.05, 0) is 50.6 Å². The fraction of sp³-hybridized carbons (Fsp3) is 1.00. The van der Waals surface area contributed by atoms with Gasteiger partial charge in [-0.25, -0.2) is 0 Å². The molecule has 2 nitrogen and oxygen atoms in total. The van der Waals surface area contributed by atoms with E-state index in [0.29, 0.717) is 5.41 Å². The molecule has 0 aromatic heterocycles. The van der Waals surface area contributed by atoms with Crippen molar-refractivity contribution in [1.29, 1.82) is 0 Å². The monoisotopic (exact) mass is 254 g/mol. The first-order chi connectivity index (χ1) is 8.47. The van der Waals surface area contributed by atoms with Gasteiger partial charge in [0.25, 0.3) is 0 Å². The van der Waals surface area contributed by atoms with Gasteiger partial charge in [0.2, 0.25) is 0 Å². The van der Waals surface area contributed by atoms with Gasteiger partial charge in [-0.1, -0.05) is 34.1 Å². The Morgan fingerprint density at radius 1 is 1.39 bits per heavy atom. The van der Waals surface area contributed by atoms with E-state index < -0.39 is 0 Å². The van der Waals surface area contributed by atoms with E-state index >= 15 is 0 Å². The molecule has 0 radical (unpaired) electrons. The zero-order chi connectivity index (χ0) is 13.6. The summed E-state index contributed by atoms with van der Waals surface area (Å²) in [6.45, 7) is 16.6. The quantitative estimate of drug-likeness (QED) is 0.713. The SMILES string of the molecule is CCCC(C)(CNCC(C)C)CN1CCCC1C. The molecule has 2 atom stereocenters. The predicted molar refractivity (Wildman–Crippen MR) is 81.0 cm³/mol. The summed E-state index contributed by atoms with van der Waals surface area (Å²) in [5, 5.41) is 3.67. The molecule has 0 saturated carbocycles. The Morgan fingerprint density at radius 2 is 2.11 bits per heavy atom. The molecule has 18 heavy (non-hydrogen) atoms. The van der Waals surface area contributed by atoms with E-state index in [-0.39, 0.29) is 0 Å². The van der Waals surface area contributed by atoms with Crippen molar-refractivity contribution in [2.75, 3.05) is 26.2 Å². The van der Waals surface area contributed by atoms with Gasteiger partial charge in [0, 0.05) is 19.1 Å². The van der Waals surface area contributed by atoms with Crippen molar-refractivity contribution in [3.05, 3.63) is 0 Å². The van der Waals surface area contributed by atoms with Crippen LogP contribution in [0.5, 0.6) is 0 Å². The van der Waals surface area contributed by atoms with Crippen LogP contribution < -0.4 is 5.32 Å². The topological polar surface area (TPSA) is 15.3 Å². The predicted octanol–water partition coefficient (Wildman–Crippen LogP) is 3.52. The molecule has 1 rings (SSSR count). The smallest absolute Gasteiger partial charge is 0.00676 e. The van der Waals surface area contributed by atoms with E-state index in [9.17, 15) is 0 Å². The van der Waals surface area contributed by atoms with Crippen LogP contribution in [-0.2, 0) is 0 Å². The minimum absolute atomic E-state index is 0.447. The van der Waals surface area contributed by atoms with Crippen molar-refractivity contribution in [2.45, 2.75) is 66.3 Å². The van der Waals surface area contributed by atoms with Gasteiger partial charge >= 0.3 is 0 Å². The normalized spacial score (nSPS) is 24.7. The first kappa shape index (κ1) is 16.0. The second-order valence-corrected chi connectivity index (χ2v) is 7.05. The van der Waals surface area contributed by atoms with E-state index in [1.54, 1.807) is 0 Å². The van der Waals surface area contributed by atoms with Gasteiger partial charge in [-0.3, -0.25) is 0 Å². The maximum absolute atomic E-state index is 3.67. The standard InChI is InChI=1S/C16H34N2/c1-6-9-16(5,12-17-11-14(2)3)13-18-10-7-8-15(18)4/h14-15,17H,6-13H2,1-5H3. The lowest BCUT2D eigenvalue weighted by molar-refractivity contribution is 0.144. The third-order valence-corrected chi connectivity index (χ3v) is 4.23. The van der Waals surface area contributed by atoms with Crippen molar-refractivity contribution in [3.63, 3.8) is 0 Å². The zero-order valence-electron chi connectivity index (χ0n) is 13.3. The number of nitrogens with one attached hydrogen (secondary N) is 1. The number of hydrogen-bond donors (Lipinski definition) is 1. The van der Waals surface area contributed by atoms with Crippen LogP contribution in [0.25, 0.3) is 0 Å². The molecular formula is C16H34N2. The molecule has 0 aromatic carbocycles. The molecule has 1 fully saturated rings. The summed E-state index contributed by atoms with van der Waals surface area (Å²) < 4.78 is 0. The van der Waals surface area contributed by atoms with E-state index in [1.807, 2.05) is 0 Å². The summed E-state index contributed by atoms with van der Waals surface area (Å²) in [6.07, 6.45) is 5.41. The second kappa shape index (κ2) is 7.49. The van der Waals surface area contributed by atoms with Crippen LogP contribution in [0.4, 0.5) is 0 Å². The molecule has 108 valence electrons. The fourth-order valence-corrected chi connectivity index (χ4v) is 3.21. The van der Waals surface area contributed by atoms with Crippen molar-refractivity contribution in [1.82, 2.24) is 10.2 Å². The maximum atomic E-state index is 3.67. The molecule has 0 spiro atoms. The van der Waals surface area contributed by atoms with Gasteiger partial charge in [0.1, 0.15) is 0 Å². The van der Waals surface area contributed by atoms with E-state index in [0.717, 1.165) is 18.5 Å². The molecule has 0 amide bonds. The van der Waals surface area contributed by atoms with Crippen molar-refractivity contribution >= 4 is 0 Å². The van der Waals surface area contributed by atoms with Crippen molar-refractivity contribution < 1.29 is 0 Å². The molecule has 0 aliphatic carbocycles. The molecule has 0 bridgehead atoms. The van der Waals surface area contributed by atoms with Crippen LogP contribution in [0.2, 0.25) is 0 Å². The molecule has 1 heterocycles. The highest BCUT2D eigenvalue weighted by atomic mass is 15.2. The number of nitrogens with zero attached hydrogens (tertiary/aromatic N) is 1. The summed E-state index contributed by atoms with van der Waals surface area (Å²) in [6, 6.07) is 0.797. The average Bonchev–Trinajstić information content (AvgIpc) is 2.64. The third-order valence-electron chi connectivity index (χ3n) is 4.23. The Morgan fingerprint density at radius 3 is 2.61 bits per heavy atom. The summed E-state index contributed by atoms with van der Waals surface area (Å²) >= 11 is 0. The van der Waals surface area contributed by atoms with E-state index in [2.05, 4.69) is 44.8 Å². The van der Waals surface area contributed by atoms with Gasteiger partial charge in [0.05, 0.1) is 0 Å². The van der Waals surface area contributed by atoms with Gasteiger partial charge in [0.15, 0.2) is 0 Å². The van der Waals surface area contributed by atoms with Crippen LogP contribution in [0.3, 0.4) is 0 Å². The lowest BCUT2D eigenvalue weighted by Crippen LogP contribution is -2.44. The lowest BCUT2D eigenvalue weighted by atomic mass is 9.84. The van der Waals surface area contributed by atoms with E-state index in [1.165, 1.54) is 45.3 Å². The minimum atomic E-state index is 0.447. The van der Waals surface area contributed by atoms with Gasteiger partial charge < -0.3 is 10.2 Å². The molecule has 2 heteroatoms. The molecule has 1 aliphatic rings. The summed E-state index contributed by atoms with van der Waals surface area (Å²) in [5.74, 6) is 0.751. The average molecular weight is 254 g/mol. The minimum Gasteiger partial charge on any atom is -0.316 e. The number of rotatable bonds is 8. The largest absolute Gasteiger partial charge is 0.316 e. The highest BCUT2D eigenvalue weighted by Gasteiger charge is 2.30. The van der Waals surface area contributed by atoms with Crippen molar-refractivity contribution in [3.8, 4) is 0 Å². The van der Waals surface area contributed by atoms with Crippen LogP contribution in [0.1, 0.15) is 60.3 Å². The molecule has 2 unspecified atom stereocenters.